The van der Waals surface area contributed by atoms with Gasteiger partial charge in [0.25, 0.3) is 0 Å². The number of anilines is 1. The first-order valence-corrected chi connectivity index (χ1v) is 9.21. The molecule has 0 atom stereocenters. The zero-order chi connectivity index (χ0) is 20.4. The molecule has 2 aromatic heterocycles. The van der Waals surface area contributed by atoms with Crippen LogP contribution in [0.1, 0.15) is 12.5 Å². The molecule has 1 amide bonds. The lowest BCUT2D eigenvalue weighted by Gasteiger charge is -2.07. The van der Waals surface area contributed by atoms with Gasteiger partial charge in [-0.2, -0.15) is 4.98 Å². The van der Waals surface area contributed by atoms with E-state index >= 15 is 0 Å². The number of carbonyl (C=O) groups excluding carboxylic acids is 1. The van der Waals surface area contributed by atoms with Crippen LogP contribution in [-0.4, -0.2) is 16.1 Å². The molecule has 8 heteroatoms. The number of hydrogen-bond donors (Lipinski definition) is 1. The van der Waals surface area contributed by atoms with Gasteiger partial charge in [0, 0.05) is 5.69 Å². The van der Waals surface area contributed by atoms with E-state index < -0.39 is 11.9 Å². The molecular weight excluding hydrogens is 397 g/mol. The van der Waals surface area contributed by atoms with E-state index in [2.05, 4.69) is 15.3 Å². The number of nitrogens with zero attached hydrogens (tertiary/aromatic N) is 2. The maximum Gasteiger partial charge on any atom is 0.417 e. The van der Waals surface area contributed by atoms with Gasteiger partial charge in [-0.15, -0.1) is 0 Å². The van der Waals surface area contributed by atoms with Crippen LogP contribution in [0, 0.1) is 5.82 Å². The average Bonchev–Trinajstić information content (AvgIpc) is 3.11. The van der Waals surface area contributed by atoms with Crippen molar-refractivity contribution in [1.82, 2.24) is 9.97 Å². The number of nitrogens with one attached hydrogen (secondary N) is 1. The number of oxazole rings is 1. The Morgan fingerprint density at radius 1 is 1.17 bits per heavy atom. The lowest BCUT2D eigenvalue weighted by molar-refractivity contribution is 0.215. The summed E-state index contributed by atoms with van der Waals surface area (Å²) in [6, 6.07) is 14.4. The lowest BCUT2D eigenvalue weighted by Crippen LogP contribution is -2.16. The molecule has 0 fully saturated rings. The van der Waals surface area contributed by atoms with E-state index in [1.54, 1.807) is 36.4 Å². The third-order valence-corrected chi connectivity index (χ3v) is 4.39. The molecule has 0 spiro atoms. The molecule has 0 bridgehead atoms. The number of pyridine rings is 1. The Labute approximate surface area is 170 Å². The molecule has 0 saturated heterocycles. The number of para-hydroxylation sites is 1. The summed E-state index contributed by atoms with van der Waals surface area (Å²) in [7, 11) is 0. The number of fused-ring (bicyclic) bond motifs is 1. The molecule has 2 aromatic carbocycles. The number of ether oxygens (including phenoxy) is 1. The van der Waals surface area contributed by atoms with Crippen LogP contribution in [0.15, 0.2) is 59.0 Å². The summed E-state index contributed by atoms with van der Waals surface area (Å²) in [4.78, 5) is 20.4. The van der Waals surface area contributed by atoms with Crippen molar-refractivity contribution in [3.05, 3.63) is 71.1 Å². The molecule has 0 aliphatic rings. The first kappa shape index (κ1) is 18.9. The van der Waals surface area contributed by atoms with Gasteiger partial charge >= 0.3 is 6.09 Å². The molecule has 0 aliphatic carbocycles. The fraction of sp³-hybridized carbons (Fsp3) is 0.0952. The third kappa shape index (κ3) is 4.05. The Hall–Kier alpha value is -3.45. The highest BCUT2D eigenvalue weighted by atomic mass is 35.5. The van der Waals surface area contributed by atoms with Crippen molar-refractivity contribution in [3.8, 4) is 17.2 Å². The number of hydrogen-bond acceptors (Lipinski definition) is 5. The molecule has 29 heavy (non-hydrogen) atoms. The zero-order valence-corrected chi connectivity index (χ0v) is 16.0. The van der Waals surface area contributed by atoms with Crippen molar-refractivity contribution < 1.29 is 18.3 Å². The molecule has 0 saturated carbocycles. The third-order valence-electron chi connectivity index (χ3n) is 4.20. The quantitative estimate of drug-likeness (QED) is 0.426. The predicted octanol–water partition coefficient (Wildman–Crippen LogP) is 5.86. The van der Waals surface area contributed by atoms with Gasteiger partial charge in [0.05, 0.1) is 5.56 Å². The highest BCUT2D eigenvalue weighted by Gasteiger charge is 2.17. The van der Waals surface area contributed by atoms with E-state index in [-0.39, 0.29) is 28.0 Å². The standard InChI is InChI=1S/C21H15ClFN3O3/c1-2-12-10-17(22)25-20-18(12)26-19(29-20)15-9-8-13(11-16(15)23)24-21(27)28-14-6-4-3-5-7-14/h3-11H,2H2,1H3,(H,24,27). The van der Waals surface area contributed by atoms with Gasteiger partial charge in [-0.25, -0.2) is 14.2 Å². The summed E-state index contributed by atoms with van der Waals surface area (Å²) in [5.74, 6) is -0.148. The second-order valence-electron chi connectivity index (χ2n) is 6.15. The molecule has 1 N–H and O–H groups in total. The molecule has 0 unspecified atom stereocenters. The van der Waals surface area contributed by atoms with Gasteiger partial charge in [0.1, 0.15) is 22.2 Å². The number of carbonyl (C=O) groups is 1. The van der Waals surface area contributed by atoms with Crippen LogP contribution < -0.4 is 10.1 Å². The minimum atomic E-state index is -0.725. The topological polar surface area (TPSA) is 77.2 Å². The molecule has 0 radical (unpaired) electrons. The first-order valence-electron chi connectivity index (χ1n) is 8.83. The van der Waals surface area contributed by atoms with Crippen molar-refractivity contribution in [1.29, 1.82) is 0 Å². The molecule has 6 nitrogen and oxygen atoms in total. The number of halogens is 2. The van der Waals surface area contributed by atoms with Gasteiger partial charge in [-0.05, 0) is 48.4 Å². The smallest absolute Gasteiger partial charge is 0.417 e. The Morgan fingerprint density at radius 2 is 1.97 bits per heavy atom. The molecule has 146 valence electrons. The second-order valence-corrected chi connectivity index (χ2v) is 6.54. The first-order chi connectivity index (χ1) is 14.0. The van der Waals surface area contributed by atoms with Gasteiger partial charge < -0.3 is 9.15 Å². The summed E-state index contributed by atoms with van der Waals surface area (Å²) in [6.45, 7) is 1.95. The van der Waals surface area contributed by atoms with Crippen molar-refractivity contribution in [3.63, 3.8) is 0 Å². The number of rotatable bonds is 4. The highest BCUT2D eigenvalue weighted by Crippen LogP contribution is 2.30. The van der Waals surface area contributed by atoms with E-state index in [9.17, 15) is 9.18 Å². The van der Waals surface area contributed by atoms with Crippen molar-refractivity contribution in [2.24, 2.45) is 0 Å². The van der Waals surface area contributed by atoms with Gasteiger partial charge in [0.15, 0.2) is 0 Å². The van der Waals surface area contributed by atoms with E-state index in [0.717, 1.165) is 11.6 Å². The van der Waals surface area contributed by atoms with Crippen LogP contribution in [0.5, 0.6) is 5.75 Å². The van der Waals surface area contributed by atoms with Gasteiger partial charge in [-0.3, -0.25) is 5.32 Å². The Kier molecular flexibility index (Phi) is 5.14. The summed E-state index contributed by atoms with van der Waals surface area (Å²) < 4.78 is 25.4. The zero-order valence-electron chi connectivity index (χ0n) is 15.3. The SMILES string of the molecule is CCc1cc(Cl)nc2oc(-c3ccc(NC(=O)Oc4ccccc4)cc3F)nc12. The van der Waals surface area contributed by atoms with Crippen LogP contribution in [-0.2, 0) is 6.42 Å². The summed E-state index contributed by atoms with van der Waals surface area (Å²) in [5, 5.41) is 2.77. The van der Waals surface area contributed by atoms with Crippen LogP contribution in [0.25, 0.3) is 22.7 Å². The number of aromatic nitrogens is 2. The van der Waals surface area contributed by atoms with E-state index in [1.807, 2.05) is 6.92 Å². The fourth-order valence-corrected chi connectivity index (χ4v) is 3.04. The van der Waals surface area contributed by atoms with E-state index in [4.69, 9.17) is 20.8 Å². The van der Waals surface area contributed by atoms with Crippen molar-refractivity contribution >= 4 is 34.6 Å². The highest BCUT2D eigenvalue weighted by molar-refractivity contribution is 6.29. The molecular formula is C21H15ClFN3O3. The van der Waals surface area contributed by atoms with Gasteiger partial charge in [0.2, 0.25) is 11.6 Å². The van der Waals surface area contributed by atoms with Crippen LogP contribution in [0.2, 0.25) is 5.15 Å². The Balaban J connectivity index is 1.57. The Bertz CT molecular complexity index is 1190. The molecule has 0 aliphatic heterocycles. The van der Waals surface area contributed by atoms with E-state index in [1.165, 1.54) is 12.1 Å². The molecule has 4 rings (SSSR count). The van der Waals surface area contributed by atoms with Crippen LogP contribution in [0.3, 0.4) is 0 Å². The predicted molar refractivity (Wildman–Crippen MR) is 108 cm³/mol. The number of aryl methyl sites for hydroxylation is 1. The number of amides is 1. The maximum atomic E-state index is 14.7. The van der Waals surface area contributed by atoms with Crippen LogP contribution >= 0.6 is 11.6 Å². The molecule has 4 aromatic rings. The maximum absolute atomic E-state index is 14.7. The monoisotopic (exact) mass is 411 g/mol. The van der Waals surface area contributed by atoms with E-state index in [0.29, 0.717) is 17.7 Å². The van der Waals surface area contributed by atoms with Gasteiger partial charge in [-0.1, -0.05) is 36.7 Å². The number of benzene rings is 2. The summed E-state index contributed by atoms with van der Waals surface area (Å²) in [6.07, 6.45) is -0.0452. The largest absolute Gasteiger partial charge is 0.418 e. The Morgan fingerprint density at radius 3 is 2.69 bits per heavy atom. The minimum Gasteiger partial charge on any atom is -0.418 e. The van der Waals surface area contributed by atoms with Crippen molar-refractivity contribution in [2.45, 2.75) is 13.3 Å². The van der Waals surface area contributed by atoms with Crippen LogP contribution in [0.4, 0.5) is 14.9 Å². The normalized spacial score (nSPS) is 10.9. The summed E-state index contributed by atoms with van der Waals surface area (Å²) in [5.41, 5.74) is 2.02. The lowest BCUT2D eigenvalue weighted by atomic mass is 10.2. The fourth-order valence-electron chi connectivity index (χ4n) is 2.83. The average molecular weight is 412 g/mol. The molecule has 2 heterocycles. The summed E-state index contributed by atoms with van der Waals surface area (Å²) >= 11 is 5.99. The minimum absolute atomic E-state index is 0.0837. The second kappa shape index (κ2) is 7.89. The van der Waals surface area contributed by atoms with Crippen molar-refractivity contribution in [2.75, 3.05) is 5.32 Å².